The van der Waals surface area contributed by atoms with Gasteiger partial charge in [-0.1, -0.05) is 103 Å². The molecule has 2 heterocycles. The first kappa shape index (κ1) is 27.5. The summed E-state index contributed by atoms with van der Waals surface area (Å²) in [6.45, 7) is 0. The molecule has 0 bridgehead atoms. The number of rotatable bonds is 5. The summed E-state index contributed by atoms with van der Waals surface area (Å²) in [7, 11) is 0. The van der Waals surface area contributed by atoms with E-state index in [4.69, 9.17) is 0 Å². The summed E-state index contributed by atoms with van der Waals surface area (Å²) in [5.74, 6) is 0. The second-order valence-electron chi connectivity index (χ2n) is 12.6. The Bertz CT molecular complexity index is 2760. The van der Waals surface area contributed by atoms with Gasteiger partial charge in [0.25, 0.3) is 0 Å². The van der Waals surface area contributed by atoms with Gasteiger partial charge in [0.2, 0.25) is 0 Å². The van der Waals surface area contributed by atoms with Crippen molar-refractivity contribution in [2.45, 2.75) is 0 Å². The Morgan fingerprint density at radius 3 is 1.53 bits per heavy atom. The Morgan fingerprint density at radius 2 is 0.857 bits per heavy atom. The SMILES string of the molecule is c1ccc(N(c2ccccc2)c2ccc3c(c2)c2ccc4cc5c6ccccc6n(-c6ccccc6)c5cc4c2n3-c2ccccc2)cc1. The summed E-state index contributed by atoms with van der Waals surface area (Å²) in [6, 6.07) is 67.9. The fourth-order valence-corrected chi connectivity index (χ4v) is 7.73. The molecule has 0 unspecified atom stereocenters. The fourth-order valence-electron chi connectivity index (χ4n) is 7.73. The van der Waals surface area contributed by atoms with Crippen LogP contribution in [0.5, 0.6) is 0 Å². The van der Waals surface area contributed by atoms with Gasteiger partial charge in [0.15, 0.2) is 0 Å². The first-order chi connectivity index (χ1) is 24.3. The van der Waals surface area contributed by atoms with E-state index in [2.05, 4.69) is 202 Å². The van der Waals surface area contributed by atoms with E-state index in [9.17, 15) is 0 Å². The van der Waals surface area contributed by atoms with Crippen molar-refractivity contribution in [1.29, 1.82) is 0 Å². The van der Waals surface area contributed by atoms with Crippen molar-refractivity contribution in [2.24, 2.45) is 0 Å². The molecule has 8 aromatic carbocycles. The molecule has 0 radical (unpaired) electrons. The van der Waals surface area contributed by atoms with Gasteiger partial charge >= 0.3 is 0 Å². The van der Waals surface area contributed by atoms with Gasteiger partial charge in [0.05, 0.1) is 22.1 Å². The zero-order chi connectivity index (χ0) is 32.3. The Hall–Kier alpha value is -6.58. The summed E-state index contributed by atoms with van der Waals surface area (Å²) in [4.78, 5) is 2.34. The van der Waals surface area contributed by atoms with Crippen LogP contribution in [0, 0.1) is 0 Å². The summed E-state index contributed by atoms with van der Waals surface area (Å²) < 4.78 is 4.86. The minimum atomic E-state index is 1.12. The molecule has 230 valence electrons. The molecule has 0 aliphatic carbocycles. The van der Waals surface area contributed by atoms with Crippen LogP contribution in [0.15, 0.2) is 188 Å². The second kappa shape index (κ2) is 11.0. The number of benzene rings is 8. The predicted octanol–water partition coefficient (Wildman–Crippen LogP) is 12.5. The standard InChI is InChI=1S/C46H31N3/c1-5-15-33(16-6-1)47(34-17-7-2-8-18-34)37-26-28-44-42(30-37)39-27-25-32-29-41-38-23-13-14-24-43(38)48(35-19-9-3-10-20-35)45(41)31-40(32)46(39)49(44)36-21-11-4-12-22-36/h1-31H. The molecule has 0 amide bonds. The second-order valence-corrected chi connectivity index (χ2v) is 12.6. The third kappa shape index (κ3) is 4.29. The molecule has 3 nitrogen and oxygen atoms in total. The zero-order valence-corrected chi connectivity index (χ0v) is 26.7. The van der Waals surface area contributed by atoms with E-state index >= 15 is 0 Å². The van der Waals surface area contributed by atoms with Crippen LogP contribution in [0.25, 0.3) is 65.8 Å². The molecule has 0 saturated heterocycles. The molecule has 10 rings (SSSR count). The maximum atomic E-state index is 2.45. The maximum Gasteiger partial charge on any atom is 0.0620 e. The lowest BCUT2D eigenvalue weighted by Crippen LogP contribution is -2.09. The molecule has 10 aromatic rings. The quantitative estimate of drug-likeness (QED) is 0.185. The van der Waals surface area contributed by atoms with Crippen molar-refractivity contribution in [3.8, 4) is 11.4 Å². The smallest absolute Gasteiger partial charge is 0.0620 e. The molecule has 0 aliphatic heterocycles. The minimum absolute atomic E-state index is 1.12. The number of aromatic nitrogens is 2. The van der Waals surface area contributed by atoms with Crippen LogP contribution < -0.4 is 4.90 Å². The number of hydrogen-bond acceptors (Lipinski definition) is 1. The third-order valence-electron chi connectivity index (χ3n) is 9.83. The number of fused-ring (bicyclic) bond motifs is 8. The lowest BCUT2D eigenvalue weighted by molar-refractivity contribution is 1.18. The van der Waals surface area contributed by atoms with Crippen LogP contribution >= 0.6 is 0 Å². The molecule has 0 fully saturated rings. The van der Waals surface area contributed by atoms with Gasteiger partial charge in [-0.2, -0.15) is 0 Å². The lowest BCUT2D eigenvalue weighted by atomic mass is 10.0. The van der Waals surface area contributed by atoms with Gasteiger partial charge in [0.1, 0.15) is 0 Å². The summed E-state index contributed by atoms with van der Waals surface area (Å²) in [5, 5.41) is 7.44. The molecular weight excluding hydrogens is 595 g/mol. The van der Waals surface area contributed by atoms with Gasteiger partial charge in [-0.25, -0.2) is 0 Å². The lowest BCUT2D eigenvalue weighted by Gasteiger charge is -2.25. The van der Waals surface area contributed by atoms with E-state index < -0.39 is 0 Å². The van der Waals surface area contributed by atoms with Gasteiger partial charge in [0, 0.05) is 55.4 Å². The first-order valence-corrected chi connectivity index (χ1v) is 16.8. The van der Waals surface area contributed by atoms with Gasteiger partial charge in [-0.05, 0) is 90.3 Å². The molecule has 2 aromatic heterocycles. The van der Waals surface area contributed by atoms with Crippen molar-refractivity contribution in [3.63, 3.8) is 0 Å². The van der Waals surface area contributed by atoms with E-state index in [1.807, 2.05) is 0 Å². The monoisotopic (exact) mass is 625 g/mol. The van der Waals surface area contributed by atoms with Crippen LogP contribution in [-0.2, 0) is 0 Å². The van der Waals surface area contributed by atoms with Crippen molar-refractivity contribution in [3.05, 3.63) is 188 Å². The Labute approximate surface area is 284 Å². The van der Waals surface area contributed by atoms with Crippen LogP contribution in [0.1, 0.15) is 0 Å². The van der Waals surface area contributed by atoms with Gasteiger partial charge in [-0.3, -0.25) is 0 Å². The van der Waals surface area contributed by atoms with Crippen molar-refractivity contribution in [1.82, 2.24) is 9.13 Å². The van der Waals surface area contributed by atoms with Gasteiger partial charge < -0.3 is 14.0 Å². The zero-order valence-electron chi connectivity index (χ0n) is 26.7. The minimum Gasteiger partial charge on any atom is -0.310 e. The van der Waals surface area contributed by atoms with Crippen molar-refractivity contribution >= 4 is 71.4 Å². The fraction of sp³-hybridized carbons (Fsp3) is 0. The van der Waals surface area contributed by atoms with Crippen molar-refractivity contribution in [2.75, 3.05) is 4.90 Å². The van der Waals surface area contributed by atoms with Crippen LogP contribution in [0.3, 0.4) is 0 Å². The van der Waals surface area contributed by atoms with Crippen LogP contribution in [-0.4, -0.2) is 9.13 Å². The highest BCUT2D eigenvalue weighted by molar-refractivity contribution is 6.23. The highest BCUT2D eigenvalue weighted by Crippen LogP contribution is 2.43. The predicted molar refractivity (Wildman–Crippen MR) is 207 cm³/mol. The number of anilines is 3. The average Bonchev–Trinajstić information content (AvgIpc) is 3.68. The highest BCUT2D eigenvalue weighted by atomic mass is 15.1. The largest absolute Gasteiger partial charge is 0.310 e. The molecule has 0 spiro atoms. The molecular formula is C46H31N3. The Kier molecular flexibility index (Phi) is 6.18. The van der Waals surface area contributed by atoms with E-state index in [0.717, 1.165) is 28.4 Å². The summed E-state index contributed by atoms with van der Waals surface area (Å²) in [6.07, 6.45) is 0. The highest BCUT2D eigenvalue weighted by Gasteiger charge is 2.20. The maximum absolute atomic E-state index is 2.45. The third-order valence-corrected chi connectivity index (χ3v) is 9.83. The Morgan fingerprint density at radius 1 is 0.306 bits per heavy atom. The molecule has 0 atom stereocenters. The number of para-hydroxylation sites is 5. The van der Waals surface area contributed by atoms with Crippen molar-refractivity contribution < 1.29 is 0 Å². The summed E-state index contributed by atoms with van der Waals surface area (Å²) in [5.41, 5.74) is 10.5. The van der Waals surface area contributed by atoms with Crippen LogP contribution in [0.2, 0.25) is 0 Å². The van der Waals surface area contributed by atoms with E-state index in [0.29, 0.717) is 0 Å². The normalized spacial score (nSPS) is 11.7. The first-order valence-electron chi connectivity index (χ1n) is 16.8. The number of nitrogens with zero attached hydrogens (tertiary/aromatic N) is 3. The Balaban J connectivity index is 1.31. The van der Waals surface area contributed by atoms with Crippen LogP contribution in [0.4, 0.5) is 17.1 Å². The average molecular weight is 626 g/mol. The van der Waals surface area contributed by atoms with E-state index in [1.165, 1.54) is 54.4 Å². The molecule has 0 N–H and O–H groups in total. The van der Waals surface area contributed by atoms with Gasteiger partial charge in [-0.15, -0.1) is 0 Å². The van der Waals surface area contributed by atoms with E-state index in [1.54, 1.807) is 0 Å². The molecule has 49 heavy (non-hydrogen) atoms. The molecule has 3 heteroatoms. The molecule has 0 aliphatic rings. The molecule has 0 saturated carbocycles. The van der Waals surface area contributed by atoms with E-state index in [-0.39, 0.29) is 0 Å². The number of hydrogen-bond donors (Lipinski definition) is 0. The summed E-state index contributed by atoms with van der Waals surface area (Å²) >= 11 is 0. The topological polar surface area (TPSA) is 13.1 Å².